The Balaban J connectivity index is 2.04. The molecule has 0 saturated carbocycles. The van der Waals surface area contributed by atoms with Crippen LogP contribution in [-0.4, -0.2) is 49.2 Å². The molecule has 4 heteroatoms. The van der Waals surface area contributed by atoms with Gasteiger partial charge in [0.05, 0.1) is 0 Å². The Morgan fingerprint density at radius 3 is 2.63 bits per heavy atom. The molecule has 1 heterocycles. The summed E-state index contributed by atoms with van der Waals surface area (Å²) < 4.78 is 0. The molecule has 0 aliphatic carbocycles. The first-order chi connectivity index (χ1) is 9.15. The quantitative estimate of drug-likeness (QED) is 0.896. The van der Waals surface area contributed by atoms with E-state index in [1.165, 1.54) is 0 Å². The third kappa shape index (κ3) is 3.07. The molecule has 1 saturated heterocycles. The SMILES string of the molecule is CCN(C)c1ccc(C(=O)N2CCC(CO)C2)cc1. The summed E-state index contributed by atoms with van der Waals surface area (Å²) in [5.41, 5.74) is 1.85. The fraction of sp³-hybridized carbons (Fsp3) is 0.533. The monoisotopic (exact) mass is 262 g/mol. The zero-order valence-electron chi connectivity index (χ0n) is 11.7. The number of hydrogen-bond acceptors (Lipinski definition) is 3. The second kappa shape index (κ2) is 6.06. The first-order valence-corrected chi connectivity index (χ1v) is 6.87. The van der Waals surface area contributed by atoms with Crippen LogP contribution in [0.5, 0.6) is 0 Å². The smallest absolute Gasteiger partial charge is 0.253 e. The zero-order chi connectivity index (χ0) is 13.8. The van der Waals surface area contributed by atoms with E-state index in [0.717, 1.165) is 30.8 Å². The van der Waals surface area contributed by atoms with Crippen LogP contribution in [0.15, 0.2) is 24.3 Å². The molecule has 1 unspecified atom stereocenters. The average Bonchev–Trinajstić information content (AvgIpc) is 2.94. The van der Waals surface area contributed by atoms with E-state index in [4.69, 9.17) is 5.11 Å². The Labute approximate surface area is 114 Å². The Hall–Kier alpha value is -1.55. The van der Waals surface area contributed by atoms with Crippen molar-refractivity contribution in [2.75, 3.05) is 38.2 Å². The van der Waals surface area contributed by atoms with Crippen molar-refractivity contribution in [3.63, 3.8) is 0 Å². The van der Waals surface area contributed by atoms with E-state index in [1.807, 2.05) is 36.2 Å². The molecule has 1 aromatic carbocycles. The molecular formula is C15H22N2O2. The lowest BCUT2D eigenvalue weighted by atomic mass is 10.1. The van der Waals surface area contributed by atoms with Gasteiger partial charge in [-0.2, -0.15) is 0 Å². The molecule has 0 bridgehead atoms. The van der Waals surface area contributed by atoms with Gasteiger partial charge in [-0.05, 0) is 37.6 Å². The summed E-state index contributed by atoms with van der Waals surface area (Å²) in [6, 6.07) is 7.73. The van der Waals surface area contributed by atoms with Crippen LogP contribution in [0.1, 0.15) is 23.7 Å². The number of likely N-dealkylation sites (tertiary alicyclic amines) is 1. The van der Waals surface area contributed by atoms with Crippen LogP contribution < -0.4 is 4.90 Å². The van der Waals surface area contributed by atoms with E-state index in [2.05, 4.69) is 11.8 Å². The van der Waals surface area contributed by atoms with Crippen molar-refractivity contribution >= 4 is 11.6 Å². The van der Waals surface area contributed by atoms with Crippen LogP contribution >= 0.6 is 0 Å². The van der Waals surface area contributed by atoms with Crippen LogP contribution in [0.3, 0.4) is 0 Å². The van der Waals surface area contributed by atoms with Crippen molar-refractivity contribution in [3.05, 3.63) is 29.8 Å². The Kier molecular flexibility index (Phi) is 4.43. The van der Waals surface area contributed by atoms with Crippen LogP contribution in [0.4, 0.5) is 5.69 Å². The Morgan fingerprint density at radius 1 is 1.42 bits per heavy atom. The van der Waals surface area contributed by atoms with Gasteiger partial charge in [0.1, 0.15) is 0 Å². The predicted octanol–water partition coefficient (Wildman–Crippen LogP) is 1.60. The van der Waals surface area contributed by atoms with Crippen LogP contribution in [-0.2, 0) is 0 Å². The van der Waals surface area contributed by atoms with E-state index < -0.39 is 0 Å². The molecule has 4 nitrogen and oxygen atoms in total. The summed E-state index contributed by atoms with van der Waals surface area (Å²) in [4.78, 5) is 16.3. The second-order valence-corrected chi connectivity index (χ2v) is 5.15. The summed E-state index contributed by atoms with van der Waals surface area (Å²) >= 11 is 0. The van der Waals surface area contributed by atoms with Gasteiger partial charge in [0, 0.05) is 50.5 Å². The maximum Gasteiger partial charge on any atom is 0.253 e. The van der Waals surface area contributed by atoms with Crippen molar-refractivity contribution < 1.29 is 9.90 Å². The highest BCUT2D eigenvalue weighted by Crippen LogP contribution is 2.20. The van der Waals surface area contributed by atoms with E-state index >= 15 is 0 Å². The van der Waals surface area contributed by atoms with Crippen LogP contribution in [0, 0.1) is 5.92 Å². The number of carbonyl (C=O) groups excluding carboxylic acids is 1. The molecule has 1 fully saturated rings. The van der Waals surface area contributed by atoms with E-state index in [0.29, 0.717) is 6.54 Å². The average molecular weight is 262 g/mol. The van der Waals surface area contributed by atoms with Crippen molar-refractivity contribution in [1.82, 2.24) is 4.90 Å². The van der Waals surface area contributed by atoms with Crippen LogP contribution in [0.2, 0.25) is 0 Å². The Morgan fingerprint density at radius 2 is 2.11 bits per heavy atom. The summed E-state index contributed by atoms with van der Waals surface area (Å²) in [6.45, 7) is 4.63. The van der Waals surface area contributed by atoms with Gasteiger partial charge in [-0.1, -0.05) is 0 Å². The summed E-state index contributed by atoms with van der Waals surface area (Å²) in [5.74, 6) is 0.316. The van der Waals surface area contributed by atoms with Gasteiger partial charge >= 0.3 is 0 Å². The van der Waals surface area contributed by atoms with E-state index in [1.54, 1.807) is 0 Å². The summed E-state index contributed by atoms with van der Waals surface area (Å²) in [7, 11) is 2.03. The number of amides is 1. The largest absolute Gasteiger partial charge is 0.396 e. The van der Waals surface area contributed by atoms with Gasteiger partial charge in [-0.25, -0.2) is 0 Å². The highest BCUT2D eigenvalue weighted by atomic mass is 16.3. The molecular weight excluding hydrogens is 240 g/mol. The molecule has 0 spiro atoms. The lowest BCUT2D eigenvalue weighted by molar-refractivity contribution is 0.0782. The van der Waals surface area contributed by atoms with Gasteiger partial charge in [0.25, 0.3) is 5.91 Å². The van der Waals surface area contributed by atoms with E-state index in [9.17, 15) is 4.79 Å². The number of aliphatic hydroxyl groups excluding tert-OH is 1. The number of anilines is 1. The predicted molar refractivity (Wildman–Crippen MR) is 76.5 cm³/mol. The highest BCUT2D eigenvalue weighted by Gasteiger charge is 2.26. The van der Waals surface area contributed by atoms with Gasteiger partial charge in [0.15, 0.2) is 0 Å². The molecule has 19 heavy (non-hydrogen) atoms. The molecule has 1 N–H and O–H groups in total. The second-order valence-electron chi connectivity index (χ2n) is 5.15. The number of benzene rings is 1. The minimum absolute atomic E-state index is 0.0710. The summed E-state index contributed by atoms with van der Waals surface area (Å²) in [6.07, 6.45) is 0.902. The minimum atomic E-state index is 0.0710. The van der Waals surface area contributed by atoms with Gasteiger partial charge in [-0.15, -0.1) is 0 Å². The minimum Gasteiger partial charge on any atom is -0.396 e. The zero-order valence-corrected chi connectivity index (χ0v) is 11.7. The topological polar surface area (TPSA) is 43.8 Å². The molecule has 1 aromatic rings. The highest BCUT2D eigenvalue weighted by molar-refractivity contribution is 5.94. The van der Waals surface area contributed by atoms with Crippen molar-refractivity contribution in [2.24, 2.45) is 5.92 Å². The maximum atomic E-state index is 12.3. The van der Waals surface area contributed by atoms with Gasteiger partial charge < -0.3 is 14.9 Å². The molecule has 1 amide bonds. The fourth-order valence-corrected chi connectivity index (χ4v) is 2.39. The third-order valence-corrected chi connectivity index (χ3v) is 3.86. The number of carbonyl (C=O) groups is 1. The molecule has 0 aromatic heterocycles. The molecule has 104 valence electrons. The first-order valence-electron chi connectivity index (χ1n) is 6.87. The molecule has 0 radical (unpaired) electrons. The number of hydrogen-bond donors (Lipinski definition) is 1. The van der Waals surface area contributed by atoms with E-state index in [-0.39, 0.29) is 18.4 Å². The molecule has 2 rings (SSSR count). The number of aliphatic hydroxyl groups is 1. The first kappa shape index (κ1) is 13.9. The standard InChI is InChI=1S/C15H22N2O2/c1-3-16(2)14-6-4-13(5-7-14)15(19)17-9-8-12(10-17)11-18/h4-7,12,18H,3,8-11H2,1-2H3. The molecule has 1 aliphatic rings. The van der Waals surface area contributed by atoms with Crippen molar-refractivity contribution in [2.45, 2.75) is 13.3 Å². The third-order valence-electron chi connectivity index (χ3n) is 3.86. The summed E-state index contributed by atoms with van der Waals surface area (Å²) in [5, 5.41) is 9.12. The number of nitrogens with zero attached hydrogens (tertiary/aromatic N) is 2. The lowest BCUT2D eigenvalue weighted by Gasteiger charge is -2.19. The van der Waals surface area contributed by atoms with Gasteiger partial charge in [0.2, 0.25) is 0 Å². The number of rotatable bonds is 4. The van der Waals surface area contributed by atoms with Crippen LogP contribution in [0.25, 0.3) is 0 Å². The maximum absolute atomic E-state index is 12.3. The van der Waals surface area contributed by atoms with Crippen molar-refractivity contribution in [1.29, 1.82) is 0 Å². The van der Waals surface area contributed by atoms with Crippen molar-refractivity contribution in [3.8, 4) is 0 Å². The molecule has 1 aliphatic heterocycles. The van der Waals surface area contributed by atoms with Gasteiger partial charge in [-0.3, -0.25) is 4.79 Å². The lowest BCUT2D eigenvalue weighted by Crippen LogP contribution is -2.29. The normalized spacial score (nSPS) is 18.7. The Bertz CT molecular complexity index is 430. The molecule has 1 atom stereocenters. The fourth-order valence-electron chi connectivity index (χ4n) is 2.39.